The van der Waals surface area contributed by atoms with Crippen LogP contribution >= 0.6 is 0 Å². The van der Waals surface area contributed by atoms with Gasteiger partial charge in [-0.3, -0.25) is 9.20 Å². The third-order valence-electron chi connectivity index (χ3n) is 7.70. The van der Waals surface area contributed by atoms with Gasteiger partial charge in [-0.05, 0) is 50.2 Å². The van der Waals surface area contributed by atoms with E-state index >= 15 is 0 Å². The van der Waals surface area contributed by atoms with Crippen LogP contribution in [0.25, 0.3) is 28.0 Å². The fraction of sp³-hybridized carbons (Fsp3) is 0.367. The molecule has 4 nitrogen and oxygen atoms in total. The van der Waals surface area contributed by atoms with Crippen LogP contribution in [-0.4, -0.2) is 20.9 Å². The number of hydrogen-bond donors (Lipinski definition) is 1. The molecule has 2 aromatic carbocycles. The number of carbonyl (C=O) groups is 1. The van der Waals surface area contributed by atoms with Gasteiger partial charge in [-0.2, -0.15) is 0 Å². The quantitative estimate of drug-likeness (QED) is 0.365. The van der Waals surface area contributed by atoms with Crippen LogP contribution in [0, 0.1) is 6.92 Å². The highest BCUT2D eigenvalue weighted by Gasteiger charge is 2.30. The molecule has 0 spiro atoms. The van der Waals surface area contributed by atoms with Crippen LogP contribution in [0.2, 0.25) is 0 Å². The summed E-state index contributed by atoms with van der Waals surface area (Å²) in [6.45, 7) is 3.11. The van der Waals surface area contributed by atoms with Gasteiger partial charge in [0.15, 0.2) is 0 Å². The Bertz CT molecular complexity index is 1320. The smallest absolute Gasteiger partial charge is 0.269 e. The number of amides is 1. The molecule has 1 saturated carbocycles. The molecule has 1 aliphatic heterocycles. The van der Waals surface area contributed by atoms with Gasteiger partial charge in [0.2, 0.25) is 0 Å². The summed E-state index contributed by atoms with van der Waals surface area (Å²) in [5.41, 5.74) is 9.24. The van der Waals surface area contributed by atoms with Crippen molar-refractivity contribution in [3.8, 4) is 22.4 Å². The molecule has 34 heavy (non-hydrogen) atoms. The molecule has 4 heteroatoms. The van der Waals surface area contributed by atoms with E-state index in [4.69, 9.17) is 0 Å². The lowest BCUT2D eigenvalue weighted by atomic mass is 9.94. The number of nitrogens with one attached hydrogen (secondary N) is 1. The Kier molecular flexibility index (Phi) is 5.52. The monoisotopic (exact) mass is 451 g/mol. The summed E-state index contributed by atoms with van der Waals surface area (Å²) < 4.78 is 4.66. The third kappa shape index (κ3) is 3.66. The van der Waals surface area contributed by atoms with Crippen molar-refractivity contribution < 1.29 is 4.79 Å². The first-order chi connectivity index (χ1) is 16.7. The predicted octanol–water partition coefficient (Wildman–Crippen LogP) is 6.78. The highest BCUT2D eigenvalue weighted by molar-refractivity contribution is 6.03. The average Bonchev–Trinajstić information content (AvgIpc) is 3.28. The van der Waals surface area contributed by atoms with Crippen molar-refractivity contribution >= 4 is 11.6 Å². The number of hydrogen-bond acceptors (Lipinski definition) is 1. The molecule has 0 unspecified atom stereocenters. The van der Waals surface area contributed by atoms with Gasteiger partial charge in [0, 0.05) is 29.9 Å². The molecular formula is C30H33N3O. The van der Waals surface area contributed by atoms with Crippen molar-refractivity contribution in [3.05, 3.63) is 77.6 Å². The molecule has 1 amide bonds. The number of rotatable bonds is 4. The van der Waals surface area contributed by atoms with Gasteiger partial charge >= 0.3 is 0 Å². The van der Waals surface area contributed by atoms with Crippen LogP contribution in [0.4, 0.5) is 0 Å². The standard InChI is InChI=1S/C30H33N3O/c1-21-15-17-22(18-16-21)26-20-33-28(29(34)31-24-12-6-3-7-13-24)27(23-10-4-2-5-11-23)25-14-8-9-19-32(26)30(25)33/h2,4-5,10-11,15-18,20,24H,3,6-9,12-14,19H2,1H3,(H,31,34). The average molecular weight is 452 g/mol. The van der Waals surface area contributed by atoms with Crippen molar-refractivity contribution in [1.29, 1.82) is 0 Å². The molecule has 0 bridgehead atoms. The first kappa shape index (κ1) is 21.3. The molecule has 6 rings (SSSR count). The first-order valence-electron chi connectivity index (χ1n) is 12.9. The van der Waals surface area contributed by atoms with E-state index in [1.165, 1.54) is 47.3 Å². The molecule has 0 saturated heterocycles. The van der Waals surface area contributed by atoms with Crippen LogP contribution in [0.15, 0.2) is 60.8 Å². The lowest BCUT2D eigenvalue weighted by Gasteiger charge is -2.23. The second-order valence-electron chi connectivity index (χ2n) is 10.1. The van der Waals surface area contributed by atoms with E-state index in [0.717, 1.165) is 55.5 Å². The molecule has 2 aromatic heterocycles. The van der Waals surface area contributed by atoms with Gasteiger partial charge in [0.05, 0.1) is 5.69 Å². The van der Waals surface area contributed by atoms with Crippen molar-refractivity contribution in [2.24, 2.45) is 0 Å². The molecule has 1 fully saturated rings. The van der Waals surface area contributed by atoms with Crippen LogP contribution in [-0.2, 0) is 13.0 Å². The van der Waals surface area contributed by atoms with Crippen molar-refractivity contribution in [2.45, 2.75) is 70.9 Å². The maximum atomic E-state index is 13.9. The Hall–Kier alpha value is -3.27. The predicted molar refractivity (Wildman–Crippen MR) is 138 cm³/mol. The lowest BCUT2D eigenvalue weighted by molar-refractivity contribution is 0.0922. The molecule has 2 aliphatic rings. The molecule has 1 N–H and O–H groups in total. The van der Waals surface area contributed by atoms with Gasteiger partial charge in [-0.1, -0.05) is 79.4 Å². The minimum absolute atomic E-state index is 0.0696. The summed E-state index contributed by atoms with van der Waals surface area (Å²) in [7, 11) is 0. The van der Waals surface area contributed by atoms with E-state index < -0.39 is 0 Å². The summed E-state index contributed by atoms with van der Waals surface area (Å²) >= 11 is 0. The van der Waals surface area contributed by atoms with Gasteiger partial charge in [-0.25, -0.2) is 0 Å². The maximum absolute atomic E-state index is 13.9. The number of carbonyl (C=O) groups excluding carboxylic acids is 1. The first-order valence-corrected chi connectivity index (χ1v) is 12.9. The van der Waals surface area contributed by atoms with Crippen LogP contribution < -0.4 is 5.32 Å². The summed E-state index contributed by atoms with van der Waals surface area (Å²) in [5, 5.41) is 3.42. The highest BCUT2D eigenvalue weighted by Crippen LogP contribution is 2.39. The van der Waals surface area contributed by atoms with E-state index in [-0.39, 0.29) is 11.9 Å². The summed E-state index contributed by atoms with van der Waals surface area (Å²) in [4.78, 5) is 13.9. The van der Waals surface area contributed by atoms with Crippen molar-refractivity contribution in [3.63, 3.8) is 0 Å². The van der Waals surface area contributed by atoms with Gasteiger partial charge in [0.1, 0.15) is 11.3 Å². The second kappa shape index (κ2) is 8.83. The fourth-order valence-electron chi connectivity index (χ4n) is 5.98. The normalized spacial score (nSPS) is 16.5. The molecule has 174 valence electrons. The minimum atomic E-state index is 0.0696. The lowest BCUT2D eigenvalue weighted by Crippen LogP contribution is -2.37. The number of imidazole rings is 1. The molecule has 3 heterocycles. The van der Waals surface area contributed by atoms with E-state index in [1.54, 1.807) is 0 Å². The van der Waals surface area contributed by atoms with Crippen LogP contribution in [0.5, 0.6) is 0 Å². The Morgan fingerprint density at radius 3 is 2.41 bits per heavy atom. The minimum Gasteiger partial charge on any atom is -0.348 e. The highest BCUT2D eigenvalue weighted by atomic mass is 16.2. The van der Waals surface area contributed by atoms with E-state index in [2.05, 4.69) is 82.0 Å². The van der Waals surface area contributed by atoms with Crippen molar-refractivity contribution in [2.75, 3.05) is 0 Å². The third-order valence-corrected chi connectivity index (χ3v) is 7.70. The summed E-state index contributed by atoms with van der Waals surface area (Å²) in [6, 6.07) is 19.6. The number of aryl methyl sites for hydroxylation is 3. The van der Waals surface area contributed by atoms with E-state index in [1.807, 2.05) is 0 Å². The zero-order chi connectivity index (χ0) is 23.1. The topological polar surface area (TPSA) is 38.4 Å². The van der Waals surface area contributed by atoms with Crippen LogP contribution in [0.1, 0.15) is 66.6 Å². The van der Waals surface area contributed by atoms with Gasteiger partial charge in [-0.15, -0.1) is 0 Å². The molecule has 0 atom stereocenters. The van der Waals surface area contributed by atoms with Gasteiger partial charge in [0.25, 0.3) is 5.91 Å². The Morgan fingerprint density at radius 2 is 1.65 bits per heavy atom. The largest absolute Gasteiger partial charge is 0.348 e. The zero-order valence-corrected chi connectivity index (χ0v) is 20.0. The number of nitrogens with zero attached hydrogens (tertiary/aromatic N) is 2. The van der Waals surface area contributed by atoms with Gasteiger partial charge < -0.3 is 9.88 Å². The Morgan fingerprint density at radius 1 is 0.882 bits per heavy atom. The summed E-state index contributed by atoms with van der Waals surface area (Å²) in [5.74, 6) is 0.0696. The Labute approximate surface area is 201 Å². The van der Waals surface area contributed by atoms with Crippen LogP contribution in [0.3, 0.4) is 0 Å². The zero-order valence-electron chi connectivity index (χ0n) is 20.0. The summed E-state index contributed by atoms with van der Waals surface area (Å²) in [6.07, 6.45) is 11.4. The molecule has 1 aliphatic carbocycles. The fourth-order valence-corrected chi connectivity index (χ4v) is 5.98. The van der Waals surface area contributed by atoms with E-state index in [9.17, 15) is 4.79 Å². The van der Waals surface area contributed by atoms with Crippen molar-refractivity contribution in [1.82, 2.24) is 14.3 Å². The molecule has 4 aromatic rings. The molecule has 0 radical (unpaired) electrons. The number of benzene rings is 2. The Balaban J connectivity index is 1.57. The second-order valence-corrected chi connectivity index (χ2v) is 10.1. The maximum Gasteiger partial charge on any atom is 0.269 e. The molecular weight excluding hydrogens is 418 g/mol. The SMILES string of the molecule is Cc1ccc(-c2cn3c(C(=O)NC4CCCCC4)c(-c4ccccc4)c4c3n2CCCC4)cc1. The number of aromatic nitrogens is 2. The van der Waals surface area contributed by atoms with E-state index in [0.29, 0.717) is 0 Å².